The van der Waals surface area contributed by atoms with Crippen molar-refractivity contribution in [3.8, 4) is 6.07 Å². The number of nitriles is 1. The third-order valence-corrected chi connectivity index (χ3v) is 5.69. The Balaban J connectivity index is 2.33. The molecule has 0 fully saturated rings. The normalized spacial score (nSPS) is 11.4. The quantitative estimate of drug-likeness (QED) is 0.840. The molecule has 2 rings (SSSR count). The molecule has 0 amide bonds. The van der Waals surface area contributed by atoms with Crippen LogP contribution in [-0.4, -0.2) is 19.8 Å². The van der Waals surface area contributed by atoms with Crippen LogP contribution in [0.15, 0.2) is 47.4 Å². The summed E-state index contributed by atoms with van der Waals surface area (Å²) >= 11 is 11.8. The molecule has 22 heavy (non-hydrogen) atoms. The SMILES string of the molecule is CN(Cc1ccc(Cl)c(Cl)c1)S(=O)(=O)c1ccccc1C#N. The van der Waals surface area contributed by atoms with E-state index in [1.807, 2.05) is 6.07 Å². The van der Waals surface area contributed by atoms with E-state index in [9.17, 15) is 8.42 Å². The molecule has 0 aromatic heterocycles. The van der Waals surface area contributed by atoms with E-state index in [1.165, 1.54) is 23.5 Å². The largest absolute Gasteiger partial charge is 0.244 e. The average Bonchev–Trinajstić information content (AvgIpc) is 2.50. The number of nitrogens with zero attached hydrogens (tertiary/aromatic N) is 2. The molecule has 0 saturated carbocycles. The van der Waals surface area contributed by atoms with Crippen molar-refractivity contribution >= 4 is 33.2 Å². The van der Waals surface area contributed by atoms with Crippen molar-refractivity contribution in [3.63, 3.8) is 0 Å². The number of hydrogen-bond donors (Lipinski definition) is 0. The Morgan fingerprint density at radius 2 is 1.82 bits per heavy atom. The fourth-order valence-electron chi connectivity index (χ4n) is 1.93. The molecule has 114 valence electrons. The van der Waals surface area contributed by atoms with E-state index in [-0.39, 0.29) is 17.0 Å². The molecule has 0 unspecified atom stereocenters. The molecule has 0 radical (unpaired) electrons. The van der Waals surface area contributed by atoms with E-state index in [4.69, 9.17) is 28.5 Å². The van der Waals surface area contributed by atoms with Gasteiger partial charge in [0.25, 0.3) is 0 Å². The molecule has 0 aliphatic rings. The van der Waals surface area contributed by atoms with Crippen LogP contribution in [0.25, 0.3) is 0 Å². The number of hydrogen-bond acceptors (Lipinski definition) is 3. The molecule has 0 heterocycles. The smallest absolute Gasteiger partial charge is 0.207 e. The molecule has 0 aliphatic heterocycles. The van der Waals surface area contributed by atoms with Crippen molar-refractivity contribution in [2.75, 3.05) is 7.05 Å². The van der Waals surface area contributed by atoms with Gasteiger partial charge in [0.05, 0.1) is 20.5 Å². The maximum absolute atomic E-state index is 12.6. The van der Waals surface area contributed by atoms with Crippen LogP contribution in [0, 0.1) is 11.3 Å². The Labute approximate surface area is 139 Å². The molecule has 0 atom stereocenters. The van der Waals surface area contributed by atoms with E-state index in [2.05, 4.69) is 0 Å². The van der Waals surface area contributed by atoms with Gasteiger partial charge in [0.2, 0.25) is 10.0 Å². The van der Waals surface area contributed by atoms with Gasteiger partial charge in [0, 0.05) is 13.6 Å². The van der Waals surface area contributed by atoms with Crippen molar-refractivity contribution < 1.29 is 8.42 Å². The van der Waals surface area contributed by atoms with Crippen LogP contribution in [0.1, 0.15) is 11.1 Å². The van der Waals surface area contributed by atoms with E-state index in [1.54, 1.807) is 30.3 Å². The Kier molecular flexibility index (Phi) is 5.09. The molecule has 0 aliphatic carbocycles. The topological polar surface area (TPSA) is 61.2 Å². The van der Waals surface area contributed by atoms with Crippen molar-refractivity contribution in [3.05, 3.63) is 63.6 Å². The van der Waals surface area contributed by atoms with Gasteiger partial charge < -0.3 is 0 Å². The maximum atomic E-state index is 12.6. The van der Waals surface area contributed by atoms with E-state index in [0.29, 0.717) is 15.6 Å². The van der Waals surface area contributed by atoms with Gasteiger partial charge in [-0.3, -0.25) is 0 Å². The first kappa shape index (κ1) is 16.8. The Bertz CT molecular complexity index is 845. The first-order valence-electron chi connectivity index (χ1n) is 6.25. The van der Waals surface area contributed by atoms with Crippen molar-refractivity contribution in [2.24, 2.45) is 0 Å². The average molecular weight is 355 g/mol. The van der Waals surface area contributed by atoms with Crippen LogP contribution in [0.3, 0.4) is 0 Å². The molecular weight excluding hydrogens is 343 g/mol. The summed E-state index contributed by atoms with van der Waals surface area (Å²) in [6.07, 6.45) is 0. The Morgan fingerprint density at radius 3 is 2.45 bits per heavy atom. The lowest BCUT2D eigenvalue weighted by Crippen LogP contribution is -2.27. The molecule has 0 saturated heterocycles. The number of benzene rings is 2. The monoisotopic (exact) mass is 354 g/mol. The van der Waals surface area contributed by atoms with Crippen LogP contribution in [-0.2, 0) is 16.6 Å². The second-order valence-corrected chi connectivity index (χ2v) is 7.45. The highest BCUT2D eigenvalue weighted by atomic mass is 35.5. The molecule has 2 aromatic rings. The van der Waals surface area contributed by atoms with Gasteiger partial charge >= 0.3 is 0 Å². The molecule has 4 nitrogen and oxygen atoms in total. The third kappa shape index (κ3) is 3.42. The molecule has 2 aromatic carbocycles. The molecule has 7 heteroatoms. The highest BCUT2D eigenvalue weighted by Crippen LogP contribution is 2.25. The van der Waals surface area contributed by atoms with E-state index in [0.717, 1.165) is 0 Å². The van der Waals surface area contributed by atoms with Crippen molar-refractivity contribution in [2.45, 2.75) is 11.4 Å². The summed E-state index contributed by atoms with van der Waals surface area (Å²) in [5, 5.41) is 9.83. The molecular formula is C15H12Cl2N2O2S. The number of rotatable bonds is 4. The zero-order valence-electron chi connectivity index (χ0n) is 11.6. The lowest BCUT2D eigenvalue weighted by atomic mass is 10.2. The summed E-state index contributed by atoms with van der Waals surface area (Å²) < 4.78 is 26.3. The van der Waals surface area contributed by atoms with Gasteiger partial charge in [-0.15, -0.1) is 0 Å². The van der Waals surface area contributed by atoms with Crippen LogP contribution in [0.4, 0.5) is 0 Å². The Morgan fingerprint density at radius 1 is 1.14 bits per heavy atom. The Hall–Kier alpha value is -1.58. The van der Waals surface area contributed by atoms with Gasteiger partial charge in [0.1, 0.15) is 6.07 Å². The van der Waals surface area contributed by atoms with Gasteiger partial charge in [-0.25, -0.2) is 8.42 Å². The first-order valence-corrected chi connectivity index (χ1v) is 8.45. The van der Waals surface area contributed by atoms with Crippen LogP contribution in [0.2, 0.25) is 10.0 Å². The minimum Gasteiger partial charge on any atom is -0.207 e. The lowest BCUT2D eigenvalue weighted by Gasteiger charge is -2.18. The van der Waals surface area contributed by atoms with E-state index < -0.39 is 10.0 Å². The van der Waals surface area contributed by atoms with Crippen LogP contribution < -0.4 is 0 Å². The summed E-state index contributed by atoms with van der Waals surface area (Å²) in [6.45, 7) is 0.124. The minimum absolute atomic E-state index is 0.0138. The summed E-state index contributed by atoms with van der Waals surface area (Å²) in [7, 11) is -2.32. The van der Waals surface area contributed by atoms with Gasteiger partial charge in [-0.05, 0) is 29.8 Å². The molecule has 0 spiro atoms. The second-order valence-electron chi connectivity index (χ2n) is 4.62. The van der Waals surface area contributed by atoms with E-state index >= 15 is 0 Å². The standard InChI is InChI=1S/C15H12Cl2N2O2S/c1-19(10-11-6-7-13(16)14(17)8-11)22(20,21)15-5-3-2-4-12(15)9-18/h2-8H,10H2,1H3. The lowest BCUT2D eigenvalue weighted by molar-refractivity contribution is 0.466. The van der Waals surface area contributed by atoms with Crippen LogP contribution in [0.5, 0.6) is 0 Å². The molecule has 0 N–H and O–H groups in total. The number of sulfonamides is 1. The summed E-state index contributed by atoms with van der Waals surface area (Å²) in [4.78, 5) is -0.0138. The summed E-state index contributed by atoms with van der Waals surface area (Å²) in [5.41, 5.74) is 0.818. The summed E-state index contributed by atoms with van der Waals surface area (Å²) in [6, 6.07) is 12.9. The molecule has 0 bridgehead atoms. The third-order valence-electron chi connectivity index (χ3n) is 3.08. The second kappa shape index (κ2) is 6.67. The predicted molar refractivity (Wildman–Crippen MR) is 86.3 cm³/mol. The zero-order chi connectivity index (χ0) is 16.3. The zero-order valence-corrected chi connectivity index (χ0v) is 14.0. The first-order chi connectivity index (χ1) is 10.4. The predicted octanol–water partition coefficient (Wildman–Crippen LogP) is 3.69. The minimum atomic E-state index is -3.77. The maximum Gasteiger partial charge on any atom is 0.244 e. The van der Waals surface area contributed by atoms with Gasteiger partial charge in [-0.2, -0.15) is 9.57 Å². The highest BCUT2D eigenvalue weighted by molar-refractivity contribution is 7.89. The van der Waals surface area contributed by atoms with Crippen LogP contribution >= 0.6 is 23.2 Å². The fraction of sp³-hybridized carbons (Fsp3) is 0.133. The highest BCUT2D eigenvalue weighted by Gasteiger charge is 2.24. The van der Waals surface area contributed by atoms with Crippen molar-refractivity contribution in [1.29, 1.82) is 5.26 Å². The van der Waals surface area contributed by atoms with Gasteiger partial charge in [0.15, 0.2) is 0 Å². The fourth-order valence-corrected chi connectivity index (χ4v) is 3.55. The van der Waals surface area contributed by atoms with Crippen molar-refractivity contribution in [1.82, 2.24) is 4.31 Å². The van der Waals surface area contributed by atoms with Gasteiger partial charge in [-0.1, -0.05) is 41.4 Å². The summed E-state index contributed by atoms with van der Waals surface area (Å²) in [5.74, 6) is 0. The number of halogens is 2.